The fraction of sp³-hybridized carbons (Fsp3) is 0.455. The van der Waals surface area contributed by atoms with Crippen molar-refractivity contribution in [3.05, 3.63) is 65.4 Å². The van der Waals surface area contributed by atoms with Crippen LogP contribution in [0.2, 0.25) is 0 Å². The summed E-state index contributed by atoms with van der Waals surface area (Å²) >= 11 is 0. The van der Waals surface area contributed by atoms with Gasteiger partial charge in [-0.3, -0.25) is 14.5 Å². The Bertz CT molecular complexity index is 1540. The second-order valence-electron chi connectivity index (χ2n) is 12.3. The van der Waals surface area contributed by atoms with Gasteiger partial charge in [-0.15, -0.1) is 0 Å². The Hall–Kier alpha value is -4.02. The van der Waals surface area contributed by atoms with Crippen molar-refractivity contribution < 1.29 is 9.59 Å². The van der Waals surface area contributed by atoms with Crippen molar-refractivity contribution >= 4 is 40.6 Å². The molecule has 4 aliphatic rings. The second-order valence-corrected chi connectivity index (χ2v) is 12.3. The van der Waals surface area contributed by atoms with E-state index in [1.54, 1.807) is 18.1 Å². The largest absolute Gasteiger partial charge is 0.339 e. The van der Waals surface area contributed by atoms with E-state index in [4.69, 9.17) is 9.97 Å². The lowest BCUT2D eigenvalue weighted by Crippen LogP contribution is -2.53. The summed E-state index contributed by atoms with van der Waals surface area (Å²) in [4.78, 5) is 49.3. The van der Waals surface area contributed by atoms with Crippen LogP contribution in [0.5, 0.6) is 0 Å². The van der Waals surface area contributed by atoms with E-state index >= 15 is 0 Å². The monoisotopic (exact) mass is 580 g/mol. The number of piperidine rings is 1. The third kappa shape index (κ3) is 5.02. The number of hydrogen-bond donors (Lipinski definition) is 0. The quantitative estimate of drug-likeness (QED) is 0.464. The molecule has 4 aliphatic heterocycles. The van der Waals surface area contributed by atoms with Crippen LogP contribution in [0.15, 0.2) is 48.7 Å². The van der Waals surface area contributed by atoms with Crippen LogP contribution in [0.1, 0.15) is 45.5 Å². The zero-order valence-electron chi connectivity index (χ0n) is 25.4. The second kappa shape index (κ2) is 11.2. The lowest BCUT2D eigenvalue weighted by Gasteiger charge is -2.42. The van der Waals surface area contributed by atoms with Crippen molar-refractivity contribution in [2.45, 2.75) is 31.7 Å². The van der Waals surface area contributed by atoms with Crippen LogP contribution >= 0.6 is 0 Å². The Labute approximate surface area is 253 Å². The number of hydrogen-bond acceptors (Lipinski definition) is 8. The Morgan fingerprint density at radius 2 is 1.60 bits per heavy atom. The van der Waals surface area contributed by atoms with Gasteiger partial charge in [-0.1, -0.05) is 12.1 Å². The number of carbonyl (C=O) groups is 2. The van der Waals surface area contributed by atoms with Crippen molar-refractivity contribution in [2.24, 2.45) is 0 Å². The van der Waals surface area contributed by atoms with E-state index in [1.165, 1.54) is 0 Å². The molecule has 10 heteroatoms. The molecule has 0 aliphatic carbocycles. The van der Waals surface area contributed by atoms with Gasteiger partial charge in [0.25, 0.3) is 11.8 Å². The standard InChI is InChI=1S/C33H40N8O2/c1-36-17-19-39(20-18-36)25-12-15-40(16-13-25)31(42)24-10-11-27-23(21-24)7-6-14-41(27)33-34-22-29-30(35-33)37(2)28-9-5-4-8-26(28)32(43)38(29)3/h4-5,8-11,21-22,25H,6-7,12-20H2,1-3H3. The maximum absolute atomic E-state index is 13.6. The van der Waals surface area contributed by atoms with Gasteiger partial charge in [0.2, 0.25) is 5.95 Å². The van der Waals surface area contributed by atoms with Crippen molar-refractivity contribution in [3.8, 4) is 0 Å². The molecule has 2 fully saturated rings. The molecule has 0 unspecified atom stereocenters. The summed E-state index contributed by atoms with van der Waals surface area (Å²) in [5.41, 5.74) is 5.07. The van der Waals surface area contributed by atoms with Crippen LogP contribution in [0.3, 0.4) is 0 Å². The summed E-state index contributed by atoms with van der Waals surface area (Å²) in [6.45, 7) is 6.93. The number of anilines is 5. The third-order valence-electron chi connectivity index (χ3n) is 9.71. The maximum atomic E-state index is 13.6. The van der Waals surface area contributed by atoms with E-state index in [-0.39, 0.29) is 11.8 Å². The molecule has 0 atom stereocenters. The summed E-state index contributed by atoms with van der Waals surface area (Å²) in [5.74, 6) is 1.33. The molecule has 0 bridgehead atoms. The summed E-state index contributed by atoms with van der Waals surface area (Å²) in [6, 6.07) is 14.3. The first-order valence-corrected chi connectivity index (χ1v) is 15.5. The molecule has 0 saturated carbocycles. The molecular formula is C33H40N8O2. The first-order chi connectivity index (χ1) is 20.9. The van der Waals surface area contributed by atoms with Gasteiger partial charge in [0, 0.05) is 77.2 Å². The number of rotatable bonds is 3. The number of benzene rings is 2. The number of para-hydroxylation sites is 1. The van der Waals surface area contributed by atoms with Gasteiger partial charge in [0.1, 0.15) is 5.69 Å². The number of likely N-dealkylation sites (N-methyl/N-ethyl adjacent to an activating group) is 1. The number of carbonyl (C=O) groups excluding carboxylic acids is 2. The Morgan fingerprint density at radius 3 is 2.40 bits per heavy atom. The van der Waals surface area contributed by atoms with E-state index in [0.717, 1.165) is 94.0 Å². The molecule has 43 heavy (non-hydrogen) atoms. The molecule has 1 aromatic heterocycles. The maximum Gasteiger partial charge on any atom is 0.260 e. The summed E-state index contributed by atoms with van der Waals surface area (Å²) in [6.07, 6.45) is 5.69. The predicted octanol–water partition coefficient (Wildman–Crippen LogP) is 3.77. The summed E-state index contributed by atoms with van der Waals surface area (Å²) in [5, 5.41) is 0. The van der Waals surface area contributed by atoms with E-state index < -0.39 is 0 Å². The van der Waals surface area contributed by atoms with Crippen LogP contribution in [-0.2, 0) is 6.42 Å². The predicted molar refractivity (Wildman–Crippen MR) is 169 cm³/mol. The molecule has 3 aromatic rings. The molecule has 0 N–H and O–H groups in total. The van der Waals surface area contributed by atoms with Gasteiger partial charge in [0.05, 0.1) is 17.4 Å². The number of likely N-dealkylation sites (tertiary alicyclic amines) is 1. The SMILES string of the molecule is CN1CCN(C2CCN(C(=O)c3ccc4c(c3)CCCN4c3ncc4c(n3)N(C)c3ccccc3C(=O)N4C)CC2)CC1. The average Bonchev–Trinajstić information content (AvgIpc) is 3.13. The Balaban J connectivity index is 1.10. The van der Waals surface area contributed by atoms with E-state index in [9.17, 15) is 9.59 Å². The van der Waals surface area contributed by atoms with Crippen LogP contribution < -0.4 is 14.7 Å². The molecule has 5 heterocycles. The molecular weight excluding hydrogens is 540 g/mol. The van der Waals surface area contributed by atoms with Crippen molar-refractivity contribution in [2.75, 3.05) is 81.7 Å². The lowest BCUT2D eigenvalue weighted by molar-refractivity contribution is 0.0518. The number of fused-ring (bicyclic) bond motifs is 3. The highest BCUT2D eigenvalue weighted by molar-refractivity contribution is 6.13. The van der Waals surface area contributed by atoms with Crippen molar-refractivity contribution in [3.63, 3.8) is 0 Å². The van der Waals surface area contributed by atoms with E-state index in [0.29, 0.717) is 29.1 Å². The van der Waals surface area contributed by atoms with Crippen LogP contribution in [-0.4, -0.2) is 109 Å². The molecule has 10 nitrogen and oxygen atoms in total. The van der Waals surface area contributed by atoms with Gasteiger partial charge in [-0.25, -0.2) is 4.98 Å². The highest BCUT2D eigenvalue weighted by Crippen LogP contribution is 2.40. The molecule has 2 saturated heterocycles. The molecule has 224 valence electrons. The number of piperazine rings is 1. The Kier molecular flexibility index (Phi) is 7.26. The third-order valence-corrected chi connectivity index (χ3v) is 9.71. The zero-order chi connectivity index (χ0) is 29.7. The van der Waals surface area contributed by atoms with Crippen LogP contribution in [0.4, 0.5) is 28.8 Å². The average molecular weight is 581 g/mol. The summed E-state index contributed by atoms with van der Waals surface area (Å²) < 4.78 is 0. The molecule has 0 spiro atoms. The lowest BCUT2D eigenvalue weighted by atomic mass is 9.97. The normalized spacial score (nSPS) is 20.0. The van der Waals surface area contributed by atoms with Crippen molar-refractivity contribution in [1.29, 1.82) is 0 Å². The first-order valence-electron chi connectivity index (χ1n) is 15.5. The van der Waals surface area contributed by atoms with Gasteiger partial charge in [-0.2, -0.15) is 4.98 Å². The van der Waals surface area contributed by atoms with E-state index in [1.807, 2.05) is 47.2 Å². The molecule has 7 rings (SSSR count). The smallest absolute Gasteiger partial charge is 0.260 e. The van der Waals surface area contributed by atoms with Gasteiger partial charge < -0.3 is 24.5 Å². The number of nitrogens with zero attached hydrogens (tertiary/aromatic N) is 8. The number of amides is 2. The highest BCUT2D eigenvalue weighted by atomic mass is 16.2. The van der Waals surface area contributed by atoms with Gasteiger partial charge in [0.15, 0.2) is 5.82 Å². The van der Waals surface area contributed by atoms with Crippen LogP contribution in [0, 0.1) is 0 Å². The molecule has 2 aromatic carbocycles. The topological polar surface area (TPSA) is 79.4 Å². The first kappa shape index (κ1) is 27.8. The number of aromatic nitrogens is 2. The summed E-state index contributed by atoms with van der Waals surface area (Å²) in [7, 11) is 5.90. The van der Waals surface area contributed by atoms with Gasteiger partial charge in [-0.05, 0) is 68.6 Å². The number of aryl methyl sites for hydroxylation is 1. The molecule has 2 amide bonds. The van der Waals surface area contributed by atoms with Crippen molar-refractivity contribution in [1.82, 2.24) is 24.7 Å². The minimum Gasteiger partial charge on any atom is -0.339 e. The minimum absolute atomic E-state index is 0.0818. The fourth-order valence-electron chi connectivity index (χ4n) is 7.06. The zero-order valence-corrected chi connectivity index (χ0v) is 25.4. The Morgan fingerprint density at radius 1 is 0.837 bits per heavy atom. The van der Waals surface area contributed by atoms with Gasteiger partial charge >= 0.3 is 0 Å². The van der Waals surface area contributed by atoms with E-state index in [2.05, 4.69) is 33.9 Å². The molecule has 0 radical (unpaired) electrons. The fourth-order valence-corrected chi connectivity index (χ4v) is 7.06. The highest BCUT2D eigenvalue weighted by Gasteiger charge is 2.32. The van der Waals surface area contributed by atoms with Crippen LogP contribution in [0.25, 0.3) is 0 Å². The minimum atomic E-state index is -0.0818.